The Morgan fingerprint density at radius 1 is 1.10 bits per heavy atom. The maximum absolute atomic E-state index is 4.67. The van der Waals surface area contributed by atoms with Crippen molar-refractivity contribution < 1.29 is 0 Å². The molecule has 0 bridgehead atoms. The van der Waals surface area contributed by atoms with Gasteiger partial charge in [-0.1, -0.05) is 31.9 Å². The molecule has 20 heavy (non-hydrogen) atoms. The zero-order chi connectivity index (χ0) is 14.4. The van der Waals surface area contributed by atoms with Crippen LogP contribution in [0.15, 0.2) is 24.3 Å². The number of rotatable bonds is 7. The molecule has 0 spiro atoms. The van der Waals surface area contributed by atoms with Crippen LogP contribution in [0.4, 0.5) is 11.8 Å². The number of aromatic nitrogens is 2. The van der Waals surface area contributed by atoms with Crippen molar-refractivity contribution in [1.29, 1.82) is 0 Å². The van der Waals surface area contributed by atoms with E-state index >= 15 is 0 Å². The van der Waals surface area contributed by atoms with Crippen LogP contribution in [0, 0.1) is 0 Å². The van der Waals surface area contributed by atoms with Crippen LogP contribution in [0.5, 0.6) is 0 Å². The van der Waals surface area contributed by atoms with E-state index in [2.05, 4.69) is 47.1 Å². The van der Waals surface area contributed by atoms with Gasteiger partial charge in [0.05, 0.1) is 5.52 Å². The van der Waals surface area contributed by atoms with Gasteiger partial charge in [0.1, 0.15) is 5.82 Å². The van der Waals surface area contributed by atoms with Gasteiger partial charge in [-0.15, -0.1) is 0 Å². The van der Waals surface area contributed by atoms with Gasteiger partial charge in [-0.05, 0) is 25.5 Å². The minimum absolute atomic E-state index is 0.712. The van der Waals surface area contributed by atoms with Gasteiger partial charge in [-0.25, -0.2) is 4.98 Å². The SMILES string of the molecule is CCCCCN(C)c1nc(NCC)nc2ccccc12. The lowest BCUT2D eigenvalue weighted by Gasteiger charge is -2.20. The number of para-hydroxylation sites is 1. The third kappa shape index (κ3) is 3.38. The minimum Gasteiger partial charge on any atom is -0.359 e. The van der Waals surface area contributed by atoms with Gasteiger partial charge in [0.15, 0.2) is 0 Å². The molecule has 1 aromatic carbocycles. The normalized spacial score (nSPS) is 10.8. The molecule has 0 saturated carbocycles. The molecule has 0 fully saturated rings. The lowest BCUT2D eigenvalue weighted by Crippen LogP contribution is -2.21. The molecule has 2 aromatic rings. The largest absolute Gasteiger partial charge is 0.359 e. The first-order valence-electron chi connectivity index (χ1n) is 7.48. The Hall–Kier alpha value is -1.84. The predicted molar refractivity (Wildman–Crippen MR) is 86.5 cm³/mol. The van der Waals surface area contributed by atoms with Crippen molar-refractivity contribution in [2.45, 2.75) is 33.1 Å². The molecule has 0 aliphatic carbocycles. The summed E-state index contributed by atoms with van der Waals surface area (Å²) in [6.45, 7) is 6.14. The summed E-state index contributed by atoms with van der Waals surface area (Å²) in [5, 5.41) is 4.33. The molecule has 1 N–H and O–H groups in total. The first-order valence-corrected chi connectivity index (χ1v) is 7.48. The van der Waals surface area contributed by atoms with Crippen LogP contribution >= 0.6 is 0 Å². The fourth-order valence-electron chi connectivity index (χ4n) is 2.29. The number of benzene rings is 1. The topological polar surface area (TPSA) is 41.1 Å². The molecule has 0 aliphatic heterocycles. The highest BCUT2D eigenvalue weighted by Crippen LogP contribution is 2.24. The third-order valence-electron chi connectivity index (χ3n) is 3.38. The maximum Gasteiger partial charge on any atom is 0.225 e. The maximum atomic E-state index is 4.67. The van der Waals surface area contributed by atoms with Gasteiger partial charge in [0.25, 0.3) is 0 Å². The van der Waals surface area contributed by atoms with E-state index in [4.69, 9.17) is 0 Å². The Morgan fingerprint density at radius 3 is 2.65 bits per heavy atom. The Labute approximate surface area is 121 Å². The predicted octanol–water partition coefficient (Wildman–Crippen LogP) is 3.69. The van der Waals surface area contributed by atoms with Gasteiger partial charge >= 0.3 is 0 Å². The molecule has 1 heterocycles. The first-order chi connectivity index (χ1) is 9.76. The van der Waals surface area contributed by atoms with E-state index in [0.29, 0.717) is 5.95 Å². The molecule has 0 saturated heterocycles. The second-order valence-electron chi connectivity index (χ2n) is 5.05. The van der Waals surface area contributed by atoms with Gasteiger partial charge in [-0.3, -0.25) is 0 Å². The van der Waals surface area contributed by atoms with Crippen LogP contribution in [0.2, 0.25) is 0 Å². The van der Waals surface area contributed by atoms with Gasteiger partial charge in [0.2, 0.25) is 5.95 Å². The molecule has 108 valence electrons. The lowest BCUT2D eigenvalue weighted by atomic mass is 10.2. The number of hydrogen-bond acceptors (Lipinski definition) is 4. The summed E-state index contributed by atoms with van der Waals surface area (Å²) in [4.78, 5) is 11.5. The molecule has 0 radical (unpaired) electrons. The van der Waals surface area contributed by atoms with E-state index in [0.717, 1.165) is 29.8 Å². The molecule has 0 atom stereocenters. The fourth-order valence-corrected chi connectivity index (χ4v) is 2.29. The Bertz CT molecular complexity index is 553. The van der Waals surface area contributed by atoms with E-state index in [-0.39, 0.29) is 0 Å². The van der Waals surface area contributed by atoms with Gasteiger partial charge in [-0.2, -0.15) is 4.98 Å². The van der Waals surface area contributed by atoms with Crippen LogP contribution in [-0.4, -0.2) is 30.1 Å². The van der Waals surface area contributed by atoms with E-state index in [1.807, 2.05) is 18.2 Å². The summed E-state index contributed by atoms with van der Waals surface area (Å²) >= 11 is 0. The Balaban J connectivity index is 2.33. The van der Waals surface area contributed by atoms with Crippen LogP contribution in [0.3, 0.4) is 0 Å². The van der Waals surface area contributed by atoms with Gasteiger partial charge in [0, 0.05) is 25.5 Å². The van der Waals surface area contributed by atoms with Crippen molar-refractivity contribution in [2.75, 3.05) is 30.4 Å². The van der Waals surface area contributed by atoms with Crippen molar-refractivity contribution in [1.82, 2.24) is 9.97 Å². The number of fused-ring (bicyclic) bond motifs is 1. The quantitative estimate of drug-likeness (QED) is 0.780. The molecular weight excluding hydrogens is 248 g/mol. The zero-order valence-corrected chi connectivity index (χ0v) is 12.7. The highest BCUT2D eigenvalue weighted by Gasteiger charge is 2.10. The van der Waals surface area contributed by atoms with Crippen molar-refractivity contribution in [3.05, 3.63) is 24.3 Å². The fraction of sp³-hybridized carbons (Fsp3) is 0.500. The zero-order valence-electron chi connectivity index (χ0n) is 12.7. The monoisotopic (exact) mass is 272 g/mol. The summed E-state index contributed by atoms with van der Waals surface area (Å²) < 4.78 is 0. The highest BCUT2D eigenvalue weighted by molar-refractivity contribution is 5.90. The van der Waals surface area contributed by atoms with Crippen LogP contribution in [-0.2, 0) is 0 Å². The summed E-state index contributed by atoms with van der Waals surface area (Å²) in [6, 6.07) is 8.20. The Morgan fingerprint density at radius 2 is 1.90 bits per heavy atom. The average Bonchev–Trinajstić information content (AvgIpc) is 2.47. The molecule has 0 unspecified atom stereocenters. The van der Waals surface area contributed by atoms with E-state index in [1.54, 1.807) is 0 Å². The number of nitrogens with zero attached hydrogens (tertiary/aromatic N) is 3. The summed E-state index contributed by atoms with van der Waals surface area (Å²) in [5.41, 5.74) is 0.996. The van der Waals surface area contributed by atoms with Crippen molar-refractivity contribution in [3.63, 3.8) is 0 Å². The smallest absolute Gasteiger partial charge is 0.225 e. The van der Waals surface area contributed by atoms with Crippen molar-refractivity contribution in [3.8, 4) is 0 Å². The van der Waals surface area contributed by atoms with Crippen LogP contribution in [0.1, 0.15) is 33.1 Å². The standard InChI is InChI=1S/C16H24N4/c1-4-6-9-12-20(3)15-13-10-7-8-11-14(13)18-16(19-15)17-5-2/h7-8,10-11H,4-6,9,12H2,1-3H3,(H,17,18,19). The second kappa shape index (κ2) is 7.08. The molecule has 2 rings (SSSR count). The van der Waals surface area contributed by atoms with Crippen molar-refractivity contribution in [2.24, 2.45) is 0 Å². The number of unbranched alkanes of at least 4 members (excludes halogenated alkanes) is 2. The number of anilines is 2. The summed E-state index contributed by atoms with van der Waals surface area (Å²) in [5.74, 6) is 1.73. The van der Waals surface area contributed by atoms with Crippen LogP contribution < -0.4 is 10.2 Å². The minimum atomic E-state index is 0.712. The summed E-state index contributed by atoms with van der Waals surface area (Å²) in [6.07, 6.45) is 3.69. The second-order valence-corrected chi connectivity index (χ2v) is 5.05. The molecule has 0 aliphatic rings. The van der Waals surface area contributed by atoms with E-state index < -0.39 is 0 Å². The molecule has 4 heteroatoms. The first kappa shape index (κ1) is 14.6. The molecular formula is C16H24N4. The van der Waals surface area contributed by atoms with E-state index in [9.17, 15) is 0 Å². The lowest BCUT2D eigenvalue weighted by molar-refractivity contribution is 0.702. The molecule has 0 amide bonds. The number of hydrogen-bond donors (Lipinski definition) is 1. The molecule has 4 nitrogen and oxygen atoms in total. The van der Waals surface area contributed by atoms with Gasteiger partial charge < -0.3 is 10.2 Å². The molecule has 1 aromatic heterocycles. The van der Waals surface area contributed by atoms with Crippen molar-refractivity contribution >= 4 is 22.7 Å². The average molecular weight is 272 g/mol. The Kier molecular flexibility index (Phi) is 5.16. The highest BCUT2D eigenvalue weighted by atomic mass is 15.2. The summed E-state index contributed by atoms with van der Waals surface area (Å²) in [7, 11) is 2.11. The van der Waals surface area contributed by atoms with E-state index in [1.165, 1.54) is 19.3 Å². The number of nitrogens with one attached hydrogen (secondary N) is 1. The third-order valence-corrected chi connectivity index (χ3v) is 3.38. The van der Waals surface area contributed by atoms with Crippen LogP contribution in [0.25, 0.3) is 10.9 Å².